The van der Waals surface area contributed by atoms with Gasteiger partial charge in [0.25, 0.3) is 0 Å². The number of likely N-dealkylation sites (tertiary alicyclic amines) is 1. The molecule has 0 radical (unpaired) electrons. The fraction of sp³-hybridized carbons (Fsp3) is 0.462. The number of aliphatic hydroxyl groups is 1. The van der Waals surface area contributed by atoms with Crippen LogP contribution in [0.5, 0.6) is 0 Å². The third-order valence-electron chi connectivity index (χ3n) is 3.54. The van der Waals surface area contributed by atoms with E-state index in [1.165, 1.54) is 12.1 Å². The molecular formula is C13H16FNO3. The number of carbonyl (C=O) groups is 1. The Bertz CT molecular complexity index is 424. The molecular weight excluding hydrogens is 237 g/mol. The predicted octanol–water partition coefficient (Wildman–Crippen LogP) is 1.64. The van der Waals surface area contributed by atoms with E-state index in [4.69, 9.17) is 0 Å². The molecule has 0 atom stereocenters. The molecule has 0 saturated carbocycles. The van der Waals surface area contributed by atoms with Gasteiger partial charge in [0, 0.05) is 17.6 Å². The molecule has 5 heteroatoms. The van der Waals surface area contributed by atoms with Crippen LogP contribution < -0.4 is 0 Å². The lowest BCUT2D eigenvalue weighted by Gasteiger charge is -2.36. The van der Waals surface area contributed by atoms with Crippen molar-refractivity contribution in [3.63, 3.8) is 0 Å². The Balaban J connectivity index is 2.16. The summed E-state index contributed by atoms with van der Waals surface area (Å²) in [7, 11) is 2.01. The Morgan fingerprint density at radius 3 is 2.39 bits per heavy atom. The van der Waals surface area contributed by atoms with Gasteiger partial charge in [-0.05, 0) is 37.6 Å². The molecule has 2 rings (SSSR count). The van der Waals surface area contributed by atoms with E-state index in [2.05, 4.69) is 9.84 Å². The van der Waals surface area contributed by atoms with Crippen molar-refractivity contribution in [2.75, 3.05) is 20.1 Å². The van der Waals surface area contributed by atoms with Gasteiger partial charge in [-0.3, -0.25) is 0 Å². The monoisotopic (exact) mass is 253 g/mol. The molecule has 1 heterocycles. The Labute approximate surface area is 105 Å². The van der Waals surface area contributed by atoms with Crippen molar-refractivity contribution in [2.45, 2.75) is 18.4 Å². The largest absolute Gasteiger partial charge is 0.385 e. The van der Waals surface area contributed by atoms with Gasteiger partial charge in [0.15, 0.2) is 0 Å². The highest BCUT2D eigenvalue weighted by atomic mass is 19.3. The molecule has 1 aromatic carbocycles. The molecule has 0 amide bonds. The first-order valence-corrected chi connectivity index (χ1v) is 5.89. The maximum Gasteiger partial charge on any atom is 0.379 e. The van der Waals surface area contributed by atoms with E-state index in [0.717, 1.165) is 18.7 Å². The second-order valence-corrected chi connectivity index (χ2v) is 4.78. The number of piperidine rings is 1. The van der Waals surface area contributed by atoms with Crippen LogP contribution in [0.25, 0.3) is 0 Å². The molecule has 1 N–H and O–H groups in total. The van der Waals surface area contributed by atoms with Gasteiger partial charge in [0.2, 0.25) is 0 Å². The summed E-state index contributed by atoms with van der Waals surface area (Å²) in [5.41, 5.74) is 0.0359. The lowest BCUT2D eigenvalue weighted by molar-refractivity contribution is -0.0788. The summed E-state index contributed by atoms with van der Waals surface area (Å²) >= 11 is 0. The van der Waals surface area contributed by atoms with Crippen molar-refractivity contribution >= 4 is 5.97 Å². The fourth-order valence-electron chi connectivity index (χ4n) is 2.24. The van der Waals surface area contributed by atoms with Crippen LogP contribution in [0.2, 0.25) is 0 Å². The molecule has 1 aliphatic heterocycles. The average molecular weight is 253 g/mol. The highest BCUT2D eigenvalue weighted by Crippen LogP contribution is 2.32. The standard InChI is InChI=1S/C13H16FNO3/c1-15-8-6-13(17,7-9-15)11-4-2-10(3-5-11)12(16)18-14/h2-5,17H,6-9H2,1H3. The van der Waals surface area contributed by atoms with Crippen molar-refractivity contribution in [2.24, 2.45) is 0 Å². The number of nitrogens with zero attached hydrogens (tertiary/aromatic N) is 1. The number of carbonyl (C=O) groups excluding carboxylic acids is 1. The molecule has 4 nitrogen and oxygen atoms in total. The number of halogens is 1. The molecule has 0 unspecified atom stereocenters. The second-order valence-electron chi connectivity index (χ2n) is 4.78. The third-order valence-corrected chi connectivity index (χ3v) is 3.54. The Morgan fingerprint density at radius 1 is 1.33 bits per heavy atom. The first kappa shape index (κ1) is 13.0. The number of rotatable bonds is 2. The fourth-order valence-corrected chi connectivity index (χ4v) is 2.24. The molecule has 1 aliphatic rings. The van der Waals surface area contributed by atoms with Crippen molar-refractivity contribution in [1.82, 2.24) is 4.90 Å². The smallest absolute Gasteiger partial charge is 0.379 e. The zero-order chi connectivity index (χ0) is 13.2. The van der Waals surface area contributed by atoms with Crippen LogP contribution in [0.1, 0.15) is 28.8 Å². The molecule has 98 valence electrons. The van der Waals surface area contributed by atoms with Crippen LogP contribution in [0, 0.1) is 0 Å². The highest BCUT2D eigenvalue weighted by Gasteiger charge is 2.32. The summed E-state index contributed by atoms with van der Waals surface area (Å²) in [6.45, 7) is 1.65. The van der Waals surface area contributed by atoms with Crippen LogP contribution in [0.3, 0.4) is 0 Å². The first-order chi connectivity index (χ1) is 8.55. The van der Waals surface area contributed by atoms with Crippen LogP contribution in [0.4, 0.5) is 4.53 Å². The molecule has 1 aromatic rings. The summed E-state index contributed by atoms with van der Waals surface area (Å²) in [6.07, 6.45) is 1.30. The number of benzene rings is 1. The van der Waals surface area contributed by atoms with Crippen LogP contribution >= 0.6 is 0 Å². The summed E-state index contributed by atoms with van der Waals surface area (Å²) < 4.78 is 11.7. The predicted molar refractivity (Wildman–Crippen MR) is 63.6 cm³/mol. The normalized spacial score (nSPS) is 19.5. The molecule has 18 heavy (non-hydrogen) atoms. The van der Waals surface area contributed by atoms with Gasteiger partial charge in [0.1, 0.15) is 0 Å². The topological polar surface area (TPSA) is 49.8 Å². The summed E-state index contributed by atoms with van der Waals surface area (Å²) in [4.78, 5) is 16.3. The average Bonchev–Trinajstić information content (AvgIpc) is 2.41. The minimum atomic E-state index is -1.02. The minimum Gasteiger partial charge on any atom is -0.385 e. The zero-order valence-corrected chi connectivity index (χ0v) is 10.2. The maximum atomic E-state index is 11.7. The van der Waals surface area contributed by atoms with Gasteiger partial charge in [-0.2, -0.15) is 0 Å². The molecule has 0 aliphatic carbocycles. The lowest BCUT2D eigenvalue weighted by atomic mass is 9.84. The van der Waals surface area contributed by atoms with Gasteiger partial charge < -0.3 is 10.0 Å². The molecule has 0 bridgehead atoms. The zero-order valence-electron chi connectivity index (χ0n) is 10.2. The van der Waals surface area contributed by atoms with E-state index >= 15 is 0 Å². The Kier molecular flexibility index (Phi) is 3.63. The van der Waals surface area contributed by atoms with Gasteiger partial charge in [-0.25, -0.2) is 9.74 Å². The third kappa shape index (κ3) is 2.52. The Morgan fingerprint density at radius 2 is 1.89 bits per heavy atom. The van der Waals surface area contributed by atoms with Crippen molar-refractivity contribution in [1.29, 1.82) is 0 Å². The number of hydrogen-bond donors (Lipinski definition) is 1. The SMILES string of the molecule is CN1CCC(O)(c2ccc(C(=O)OF)cc2)CC1. The Hall–Kier alpha value is -1.46. The summed E-state index contributed by atoms with van der Waals surface area (Å²) in [5.74, 6) is -1.02. The van der Waals surface area contributed by atoms with E-state index in [-0.39, 0.29) is 5.56 Å². The van der Waals surface area contributed by atoms with E-state index in [9.17, 15) is 14.4 Å². The molecule has 1 fully saturated rings. The minimum absolute atomic E-state index is 0.137. The van der Waals surface area contributed by atoms with Crippen LogP contribution in [-0.2, 0) is 10.5 Å². The molecule has 0 spiro atoms. The maximum absolute atomic E-state index is 11.7. The van der Waals surface area contributed by atoms with Crippen molar-refractivity contribution < 1.29 is 19.4 Å². The second kappa shape index (κ2) is 5.04. The number of hydrogen-bond acceptors (Lipinski definition) is 4. The van der Waals surface area contributed by atoms with Crippen LogP contribution in [0.15, 0.2) is 24.3 Å². The van der Waals surface area contributed by atoms with E-state index in [0.29, 0.717) is 12.8 Å². The van der Waals surface area contributed by atoms with E-state index < -0.39 is 11.6 Å². The van der Waals surface area contributed by atoms with Gasteiger partial charge in [-0.1, -0.05) is 12.1 Å². The molecule has 0 aromatic heterocycles. The van der Waals surface area contributed by atoms with Crippen molar-refractivity contribution in [3.05, 3.63) is 35.4 Å². The summed E-state index contributed by atoms with van der Waals surface area (Å²) in [5, 5.41) is 10.5. The van der Waals surface area contributed by atoms with Crippen LogP contribution in [-0.4, -0.2) is 36.1 Å². The van der Waals surface area contributed by atoms with E-state index in [1.807, 2.05) is 7.05 Å². The summed E-state index contributed by atoms with van der Waals surface area (Å²) in [6, 6.07) is 6.23. The van der Waals surface area contributed by atoms with Gasteiger partial charge in [-0.15, -0.1) is 0 Å². The van der Waals surface area contributed by atoms with E-state index in [1.54, 1.807) is 12.1 Å². The quantitative estimate of drug-likeness (QED) is 0.870. The first-order valence-electron chi connectivity index (χ1n) is 5.89. The van der Waals surface area contributed by atoms with Gasteiger partial charge in [0.05, 0.1) is 11.2 Å². The van der Waals surface area contributed by atoms with Gasteiger partial charge >= 0.3 is 5.97 Å². The van der Waals surface area contributed by atoms with Crippen molar-refractivity contribution in [3.8, 4) is 0 Å². The highest BCUT2D eigenvalue weighted by molar-refractivity contribution is 5.88. The molecule has 1 saturated heterocycles. The lowest BCUT2D eigenvalue weighted by Crippen LogP contribution is -2.40.